The number of carbonyl (C=O) groups is 1. The molecule has 0 aliphatic rings. The van der Waals surface area contributed by atoms with E-state index in [0.717, 1.165) is 6.20 Å². The van der Waals surface area contributed by atoms with Gasteiger partial charge in [0.2, 0.25) is 0 Å². The Hall–Kier alpha value is -1.89. The van der Waals surface area contributed by atoms with Crippen LogP contribution in [0.2, 0.25) is 5.02 Å². The third-order valence-electron chi connectivity index (χ3n) is 2.53. The first kappa shape index (κ1) is 15.2. The van der Waals surface area contributed by atoms with E-state index in [9.17, 15) is 14.9 Å². The molecule has 1 aromatic rings. The Kier molecular flexibility index (Phi) is 5.05. The highest BCUT2D eigenvalue weighted by molar-refractivity contribution is 6.33. The fourth-order valence-electron chi connectivity index (χ4n) is 1.57. The zero-order valence-corrected chi connectivity index (χ0v) is 11.5. The van der Waals surface area contributed by atoms with Crippen LogP contribution in [0, 0.1) is 16.0 Å². The molecule has 0 amide bonds. The highest BCUT2D eigenvalue weighted by atomic mass is 35.5. The minimum atomic E-state index is -0.570. The SMILES string of the molecule is COC(=O)C(C)CN(C)c1ncc([N+](=O)[O-])cc1Cl. The third-order valence-corrected chi connectivity index (χ3v) is 2.81. The smallest absolute Gasteiger partial charge is 0.310 e. The molecule has 0 bridgehead atoms. The van der Waals surface area contributed by atoms with E-state index in [0.29, 0.717) is 12.4 Å². The number of rotatable bonds is 5. The van der Waals surface area contributed by atoms with Gasteiger partial charge < -0.3 is 9.64 Å². The molecule has 0 spiro atoms. The van der Waals surface area contributed by atoms with Gasteiger partial charge in [0.1, 0.15) is 12.0 Å². The monoisotopic (exact) mass is 287 g/mol. The van der Waals surface area contributed by atoms with Gasteiger partial charge in [-0.25, -0.2) is 4.98 Å². The summed E-state index contributed by atoms with van der Waals surface area (Å²) in [7, 11) is 3.01. The predicted molar refractivity (Wildman–Crippen MR) is 70.4 cm³/mol. The second-order valence-electron chi connectivity index (χ2n) is 4.06. The first-order valence-corrected chi connectivity index (χ1v) is 5.83. The summed E-state index contributed by atoms with van der Waals surface area (Å²) < 4.78 is 4.62. The van der Waals surface area contributed by atoms with E-state index < -0.39 is 4.92 Å². The Bertz CT molecular complexity index is 495. The molecule has 0 radical (unpaired) electrons. The zero-order chi connectivity index (χ0) is 14.6. The Labute approximate surface area is 115 Å². The predicted octanol–water partition coefficient (Wildman–Crippen LogP) is 1.89. The van der Waals surface area contributed by atoms with E-state index in [1.54, 1.807) is 18.9 Å². The molecule has 1 aromatic heterocycles. The fourth-order valence-corrected chi connectivity index (χ4v) is 1.88. The normalized spacial score (nSPS) is 11.8. The molecule has 0 fully saturated rings. The van der Waals surface area contributed by atoms with Crippen molar-refractivity contribution in [3.8, 4) is 0 Å². The van der Waals surface area contributed by atoms with Crippen LogP contribution in [-0.2, 0) is 9.53 Å². The Morgan fingerprint density at radius 2 is 2.32 bits per heavy atom. The van der Waals surface area contributed by atoms with E-state index in [1.807, 2.05) is 0 Å². The number of esters is 1. The van der Waals surface area contributed by atoms with Crippen molar-refractivity contribution < 1.29 is 14.5 Å². The van der Waals surface area contributed by atoms with Crippen molar-refractivity contribution in [2.45, 2.75) is 6.92 Å². The van der Waals surface area contributed by atoms with Crippen molar-refractivity contribution in [1.82, 2.24) is 4.98 Å². The van der Waals surface area contributed by atoms with Gasteiger partial charge in [-0.2, -0.15) is 0 Å². The van der Waals surface area contributed by atoms with Gasteiger partial charge in [0.15, 0.2) is 0 Å². The highest BCUT2D eigenvalue weighted by Gasteiger charge is 2.19. The molecule has 1 unspecified atom stereocenters. The minimum Gasteiger partial charge on any atom is -0.469 e. The number of methoxy groups -OCH3 is 1. The van der Waals surface area contributed by atoms with Gasteiger partial charge in [-0.15, -0.1) is 0 Å². The Morgan fingerprint density at radius 3 is 2.79 bits per heavy atom. The first-order chi connectivity index (χ1) is 8.86. The number of carbonyl (C=O) groups excluding carboxylic acids is 1. The number of ether oxygens (including phenoxy) is 1. The van der Waals surface area contributed by atoms with E-state index in [2.05, 4.69) is 9.72 Å². The van der Waals surface area contributed by atoms with E-state index >= 15 is 0 Å². The van der Waals surface area contributed by atoms with Crippen molar-refractivity contribution in [2.24, 2.45) is 5.92 Å². The number of anilines is 1. The van der Waals surface area contributed by atoms with Crippen LogP contribution in [0.25, 0.3) is 0 Å². The molecule has 7 nitrogen and oxygen atoms in total. The van der Waals surface area contributed by atoms with Crippen LogP contribution < -0.4 is 4.90 Å². The topological polar surface area (TPSA) is 85.6 Å². The van der Waals surface area contributed by atoms with Crippen LogP contribution >= 0.6 is 11.6 Å². The quantitative estimate of drug-likeness (QED) is 0.467. The lowest BCUT2D eigenvalue weighted by Gasteiger charge is -2.21. The molecule has 0 aliphatic heterocycles. The van der Waals surface area contributed by atoms with Crippen molar-refractivity contribution in [1.29, 1.82) is 0 Å². The van der Waals surface area contributed by atoms with Crippen molar-refractivity contribution in [3.05, 3.63) is 27.4 Å². The summed E-state index contributed by atoms with van der Waals surface area (Å²) in [6, 6.07) is 1.23. The average molecular weight is 288 g/mol. The number of nitro groups is 1. The summed E-state index contributed by atoms with van der Waals surface area (Å²) in [5, 5.41) is 10.7. The van der Waals surface area contributed by atoms with Crippen LogP contribution in [0.4, 0.5) is 11.5 Å². The molecular formula is C11H14ClN3O4. The van der Waals surface area contributed by atoms with Gasteiger partial charge in [-0.1, -0.05) is 18.5 Å². The van der Waals surface area contributed by atoms with Gasteiger partial charge in [-0.3, -0.25) is 14.9 Å². The molecule has 1 heterocycles. The van der Waals surface area contributed by atoms with Gasteiger partial charge in [-0.05, 0) is 0 Å². The van der Waals surface area contributed by atoms with Crippen LogP contribution in [0.5, 0.6) is 0 Å². The lowest BCUT2D eigenvalue weighted by Crippen LogP contribution is -2.30. The third kappa shape index (κ3) is 3.78. The number of halogens is 1. The molecule has 19 heavy (non-hydrogen) atoms. The Morgan fingerprint density at radius 1 is 1.68 bits per heavy atom. The van der Waals surface area contributed by atoms with Crippen LogP contribution in [0.1, 0.15) is 6.92 Å². The van der Waals surface area contributed by atoms with E-state index in [-0.39, 0.29) is 22.6 Å². The fraction of sp³-hybridized carbons (Fsp3) is 0.455. The largest absolute Gasteiger partial charge is 0.469 e. The molecule has 0 saturated heterocycles. The van der Waals surface area contributed by atoms with Crippen LogP contribution in [0.15, 0.2) is 12.3 Å². The maximum Gasteiger partial charge on any atom is 0.310 e. The minimum absolute atomic E-state index is 0.161. The first-order valence-electron chi connectivity index (χ1n) is 5.45. The molecule has 0 N–H and O–H groups in total. The van der Waals surface area contributed by atoms with Crippen LogP contribution in [-0.4, -0.2) is 36.6 Å². The number of aromatic nitrogens is 1. The van der Waals surface area contributed by atoms with Crippen LogP contribution in [0.3, 0.4) is 0 Å². The number of nitrogens with zero attached hydrogens (tertiary/aromatic N) is 3. The summed E-state index contributed by atoms with van der Waals surface area (Å²) in [5.41, 5.74) is -0.178. The number of hydrogen-bond donors (Lipinski definition) is 0. The lowest BCUT2D eigenvalue weighted by atomic mass is 10.2. The standard InChI is InChI=1S/C11H14ClN3O4/c1-7(11(16)19-3)6-14(2)10-9(12)4-8(5-13-10)15(17)18/h4-5,7H,6H2,1-3H3. The van der Waals surface area contributed by atoms with E-state index in [4.69, 9.17) is 11.6 Å². The van der Waals surface area contributed by atoms with Gasteiger partial charge in [0.25, 0.3) is 5.69 Å². The zero-order valence-electron chi connectivity index (χ0n) is 10.8. The molecule has 1 atom stereocenters. The molecule has 0 aliphatic carbocycles. The maximum atomic E-state index is 11.3. The molecule has 104 valence electrons. The van der Waals surface area contributed by atoms with Crippen molar-refractivity contribution in [2.75, 3.05) is 25.6 Å². The average Bonchev–Trinajstić information content (AvgIpc) is 2.37. The lowest BCUT2D eigenvalue weighted by molar-refractivity contribution is -0.385. The van der Waals surface area contributed by atoms with Gasteiger partial charge in [0.05, 0.1) is 23.0 Å². The summed E-state index contributed by atoms with van der Waals surface area (Å²) in [5.74, 6) is -0.323. The number of hydrogen-bond acceptors (Lipinski definition) is 6. The summed E-state index contributed by atoms with van der Waals surface area (Å²) in [6.45, 7) is 2.05. The maximum absolute atomic E-state index is 11.3. The molecule has 8 heteroatoms. The van der Waals surface area contributed by atoms with E-state index in [1.165, 1.54) is 13.2 Å². The molecular weight excluding hydrogens is 274 g/mol. The highest BCUT2D eigenvalue weighted by Crippen LogP contribution is 2.26. The molecule has 0 saturated carbocycles. The summed E-state index contributed by atoms with van der Waals surface area (Å²) >= 11 is 5.94. The van der Waals surface area contributed by atoms with Gasteiger partial charge in [0, 0.05) is 19.7 Å². The molecule has 0 aromatic carbocycles. The Balaban J connectivity index is 2.85. The number of pyridine rings is 1. The molecule has 1 rings (SSSR count). The van der Waals surface area contributed by atoms with Crippen molar-refractivity contribution in [3.63, 3.8) is 0 Å². The summed E-state index contributed by atoms with van der Waals surface area (Å²) in [6.07, 6.45) is 1.13. The van der Waals surface area contributed by atoms with Crippen molar-refractivity contribution >= 4 is 29.1 Å². The second-order valence-corrected chi connectivity index (χ2v) is 4.47. The van der Waals surface area contributed by atoms with Gasteiger partial charge >= 0.3 is 5.97 Å². The summed E-state index contributed by atoms with van der Waals surface area (Å²) in [4.78, 5) is 26.9. The second kappa shape index (κ2) is 6.33.